The number of aliphatic carboxylic acids is 1. The van der Waals surface area contributed by atoms with Crippen LogP contribution >= 0.6 is 0 Å². The van der Waals surface area contributed by atoms with Gasteiger partial charge >= 0.3 is 12.1 Å². The standard InChI is InChI=1S/C23H27N3O.C2HF3O2/c1-26(16-18-7-3-2-4-8-18)23(27)19-13-11-17(12-14-19)15-22-24-20-9-5-6-10-21(20)25-22;3-2(4,5)1(6)7/h2-10,17,19H,11-16H2,1H3,(H,24,25);(H,6,7). The molecule has 1 amide bonds. The third-order valence-corrected chi connectivity index (χ3v) is 6.00. The van der Waals surface area contributed by atoms with Crippen LogP contribution in [0.25, 0.3) is 11.0 Å². The summed E-state index contributed by atoms with van der Waals surface area (Å²) in [6.45, 7) is 0.693. The number of para-hydroxylation sites is 2. The number of aromatic nitrogens is 2. The van der Waals surface area contributed by atoms with Gasteiger partial charge in [0, 0.05) is 25.9 Å². The Morgan fingerprint density at radius 1 is 1.03 bits per heavy atom. The lowest BCUT2D eigenvalue weighted by Gasteiger charge is -2.30. The molecule has 0 aliphatic heterocycles. The zero-order valence-electron chi connectivity index (χ0n) is 18.9. The summed E-state index contributed by atoms with van der Waals surface area (Å²) in [7, 11) is 1.93. The van der Waals surface area contributed by atoms with Crippen molar-refractivity contribution in [3.63, 3.8) is 0 Å². The van der Waals surface area contributed by atoms with Crippen LogP contribution in [0.15, 0.2) is 54.6 Å². The van der Waals surface area contributed by atoms with Crippen molar-refractivity contribution in [3.05, 3.63) is 66.0 Å². The number of fused-ring (bicyclic) bond motifs is 1. The number of imidazole rings is 1. The molecular formula is C25H28F3N3O3. The number of carbonyl (C=O) groups excluding carboxylic acids is 1. The van der Waals surface area contributed by atoms with Gasteiger partial charge in [-0.25, -0.2) is 9.78 Å². The third kappa shape index (κ3) is 7.07. The van der Waals surface area contributed by atoms with E-state index in [0.717, 1.165) is 49.0 Å². The van der Waals surface area contributed by atoms with Crippen LogP contribution in [-0.2, 0) is 22.6 Å². The second-order valence-corrected chi connectivity index (χ2v) is 8.61. The van der Waals surface area contributed by atoms with Crippen molar-refractivity contribution < 1.29 is 27.9 Å². The van der Waals surface area contributed by atoms with E-state index in [2.05, 4.69) is 23.2 Å². The van der Waals surface area contributed by atoms with Crippen molar-refractivity contribution in [2.24, 2.45) is 11.8 Å². The molecule has 0 radical (unpaired) electrons. The van der Waals surface area contributed by atoms with E-state index in [1.807, 2.05) is 48.3 Å². The summed E-state index contributed by atoms with van der Waals surface area (Å²) in [5.41, 5.74) is 3.34. The molecule has 1 aromatic heterocycles. The highest BCUT2D eigenvalue weighted by Crippen LogP contribution is 2.32. The molecule has 0 unspecified atom stereocenters. The van der Waals surface area contributed by atoms with Crippen LogP contribution in [0.1, 0.15) is 37.1 Å². The number of amides is 1. The molecule has 1 fully saturated rings. The number of rotatable bonds is 5. The van der Waals surface area contributed by atoms with Crippen molar-refractivity contribution in [1.29, 1.82) is 0 Å². The molecule has 3 aromatic rings. The smallest absolute Gasteiger partial charge is 0.475 e. The maximum atomic E-state index is 12.8. The number of hydrogen-bond donors (Lipinski definition) is 2. The van der Waals surface area contributed by atoms with E-state index in [1.165, 1.54) is 5.56 Å². The maximum absolute atomic E-state index is 12.8. The van der Waals surface area contributed by atoms with E-state index in [-0.39, 0.29) is 5.92 Å². The highest BCUT2D eigenvalue weighted by atomic mass is 19.4. The van der Waals surface area contributed by atoms with Crippen LogP contribution in [0.3, 0.4) is 0 Å². The number of benzene rings is 2. The van der Waals surface area contributed by atoms with E-state index >= 15 is 0 Å². The maximum Gasteiger partial charge on any atom is 0.490 e. The summed E-state index contributed by atoms with van der Waals surface area (Å²) in [4.78, 5) is 31.7. The number of H-pyrrole nitrogens is 1. The van der Waals surface area contributed by atoms with Crippen LogP contribution in [0.2, 0.25) is 0 Å². The summed E-state index contributed by atoms with van der Waals surface area (Å²) in [5.74, 6) is -0.597. The van der Waals surface area contributed by atoms with Crippen LogP contribution < -0.4 is 0 Å². The first-order chi connectivity index (χ1) is 16.1. The van der Waals surface area contributed by atoms with Gasteiger partial charge in [0.05, 0.1) is 11.0 Å². The predicted octanol–water partition coefficient (Wildman–Crippen LogP) is 5.20. The quantitative estimate of drug-likeness (QED) is 0.531. The van der Waals surface area contributed by atoms with Gasteiger partial charge in [0.25, 0.3) is 0 Å². The zero-order chi connectivity index (χ0) is 24.7. The number of hydrogen-bond acceptors (Lipinski definition) is 3. The fourth-order valence-electron chi connectivity index (χ4n) is 4.24. The summed E-state index contributed by atoms with van der Waals surface area (Å²) in [5, 5.41) is 7.12. The van der Waals surface area contributed by atoms with Crippen molar-refractivity contribution in [1.82, 2.24) is 14.9 Å². The lowest BCUT2D eigenvalue weighted by molar-refractivity contribution is -0.192. The molecule has 34 heavy (non-hydrogen) atoms. The number of halogens is 3. The monoisotopic (exact) mass is 475 g/mol. The average Bonchev–Trinajstić information content (AvgIpc) is 3.22. The van der Waals surface area contributed by atoms with Gasteiger partial charge in [-0.3, -0.25) is 4.79 Å². The molecule has 0 spiro atoms. The van der Waals surface area contributed by atoms with Gasteiger partial charge in [0.2, 0.25) is 5.91 Å². The summed E-state index contributed by atoms with van der Waals surface area (Å²) < 4.78 is 31.7. The minimum atomic E-state index is -5.08. The topological polar surface area (TPSA) is 86.3 Å². The van der Waals surface area contributed by atoms with E-state index in [0.29, 0.717) is 18.4 Å². The van der Waals surface area contributed by atoms with Gasteiger partial charge in [-0.15, -0.1) is 0 Å². The summed E-state index contributed by atoms with van der Waals surface area (Å²) in [6, 6.07) is 18.4. The van der Waals surface area contributed by atoms with Gasteiger partial charge in [0.15, 0.2) is 0 Å². The first kappa shape index (κ1) is 25.3. The van der Waals surface area contributed by atoms with Crippen LogP contribution in [-0.4, -0.2) is 45.1 Å². The minimum Gasteiger partial charge on any atom is -0.475 e. The Morgan fingerprint density at radius 2 is 1.62 bits per heavy atom. The Labute approximate surface area is 195 Å². The average molecular weight is 476 g/mol. The van der Waals surface area contributed by atoms with Crippen molar-refractivity contribution in [3.8, 4) is 0 Å². The molecule has 1 saturated carbocycles. The highest BCUT2D eigenvalue weighted by molar-refractivity contribution is 5.78. The molecule has 4 rings (SSSR count). The van der Waals surface area contributed by atoms with Gasteiger partial charge < -0.3 is 15.0 Å². The van der Waals surface area contributed by atoms with Gasteiger partial charge in [-0.05, 0) is 49.3 Å². The lowest BCUT2D eigenvalue weighted by Crippen LogP contribution is -2.34. The number of carboxylic acid groups (broad SMARTS) is 1. The Hall–Kier alpha value is -3.36. The molecule has 2 aromatic carbocycles. The molecule has 9 heteroatoms. The first-order valence-electron chi connectivity index (χ1n) is 11.2. The number of aromatic amines is 1. The number of nitrogens with zero attached hydrogens (tertiary/aromatic N) is 2. The third-order valence-electron chi connectivity index (χ3n) is 6.00. The van der Waals surface area contributed by atoms with Crippen molar-refractivity contribution >= 4 is 22.9 Å². The minimum absolute atomic E-state index is 0.172. The SMILES string of the molecule is CN(Cc1ccccc1)C(=O)C1CCC(Cc2nc3ccccc3[nH]2)CC1.O=C(O)C(F)(F)F. The fourth-order valence-corrected chi connectivity index (χ4v) is 4.24. The molecule has 0 atom stereocenters. The fraction of sp³-hybridized carbons (Fsp3) is 0.400. The molecule has 1 aliphatic rings. The number of nitrogens with one attached hydrogen (secondary N) is 1. The Balaban J connectivity index is 0.000000406. The normalized spacial score (nSPS) is 18.1. The van der Waals surface area contributed by atoms with Crippen molar-refractivity contribution in [2.75, 3.05) is 7.05 Å². The molecule has 2 N–H and O–H groups in total. The van der Waals surface area contributed by atoms with E-state index in [9.17, 15) is 18.0 Å². The Bertz CT molecular complexity index is 1060. The van der Waals surface area contributed by atoms with E-state index < -0.39 is 12.1 Å². The summed E-state index contributed by atoms with van der Waals surface area (Å²) >= 11 is 0. The van der Waals surface area contributed by atoms with E-state index in [1.54, 1.807) is 0 Å². The molecule has 0 bridgehead atoms. The number of carbonyl (C=O) groups is 2. The largest absolute Gasteiger partial charge is 0.490 e. The Kier molecular flexibility index (Phi) is 8.31. The molecule has 6 nitrogen and oxygen atoms in total. The molecule has 0 saturated heterocycles. The molecular weight excluding hydrogens is 447 g/mol. The molecule has 1 heterocycles. The summed E-state index contributed by atoms with van der Waals surface area (Å²) in [6.07, 6.45) is 0.0837. The van der Waals surface area contributed by atoms with Crippen LogP contribution in [0.4, 0.5) is 13.2 Å². The molecule has 182 valence electrons. The van der Waals surface area contributed by atoms with Gasteiger partial charge in [0.1, 0.15) is 5.82 Å². The highest BCUT2D eigenvalue weighted by Gasteiger charge is 2.38. The first-order valence-corrected chi connectivity index (χ1v) is 11.2. The lowest BCUT2D eigenvalue weighted by atomic mass is 9.80. The zero-order valence-corrected chi connectivity index (χ0v) is 18.9. The second-order valence-electron chi connectivity index (χ2n) is 8.61. The number of alkyl halides is 3. The Morgan fingerprint density at radius 3 is 2.21 bits per heavy atom. The van der Waals surface area contributed by atoms with Gasteiger partial charge in [-0.1, -0.05) is 42.5 Å². The van der Waals surface area contributed by atoms with Crippen LogP contribution in [0, 0.1) is 11.8 Å². The predicted molar refractivity (Wildman–Crippen MR) is 122 cm³/mol. The van der Waals surface area contributed by atoms with Crippen LogP contribution in [0.5, 0.6) is 0 Å². The van der Waals surface area contributed by atoms with Crippen molar-refractivity contribution in [2.45, 2.75) is 44.8 Å². The van der Waals surface area contributed by atoms with Gasteiger partial charge in [-0.2, -0.15) is 13.2 Å². The number of carboxylic acids is 1. The molecule has 1 aliphatic carbocycles. The van der Waals surface area contributed by atoms with E-state index in [4.69, 9.17) is 14.9 Å². The second kappa shape index (κ2) is 11.2.